The monoisotopic (exact) mass is 632 g/mol. The highest BCUT2D eigenvalue weighted by Gasteiger charge is 2.42. The fourth-order valence-electron chi connectivity index (χ4n) is 6.18. The summed E-state index contributed by atoms with van der Waals surface area (Å²) in [4.78, 5) is 32.3. The number of ether oxygens (including phenoxy) is 2. The summed E-state index contributed by atoms with van der Waals surface area (Å²) in [5, 5.41) is 15.0. The van der Waals surface area contributed by atoms with Crippen LogP contribution < -0.4 is 10.1 Å². The van der Waals surface area contributed by atoms with E-state index >= 15 is 0 Å². The standard InChI is InChI=1S/C32H40N4O5.2ClH/c1-23(37)24-11-13-27(14-12-24)41-19-15-26-20-33-17-18-35(26)31(38)29-30(25-8-4-3-5-9-25)36(22-34-29)28-10-6-7-16-32(28,39)21-40-2;;/h3-5,8-9,11-14,22,26,28,33,39H,6-7,10,15-21H2,1-2H3;2*1H/t26-,28-,32-;;/m1../s1. The number of Topliss-reactive ketones (excluding diaryl/α,β-unsaturated/α-hetero) is 1. The molecule has 1 aromatic heterocycles. The quantitative estimate of drug-likeness (QED) is 0.304. The summed E-state index contributed by atoms with van der Waals surface area (Å²) in [6.45, 7) is 4.13. The van der Waals surface area contributed by atoms with E-state index in [2.05, 4.69) is 5.32 Å². The van der Waals surface area contributed by atoms with E-state index in [1.165, 1.54) is 0 Å². The molecule has 234 valence electrons. The number of halogens is 2. The summed E-state index contributed by atoms with van der Waals surface area (Å²) < 4.78 is 13.4. The molecule has 1 amide bonds. The lowest BCUT2D eigenvalue weighted by molar-refractivity contribution is -0.0893. The molecule has 43 heavy (non-hydrogen) atoms. The van der Waals surface area contributed by atoms with Crippen molar-refractivity contribution in [2.75, 3.05) is 40.0 Å². The van der Waals surface area contributed by atoms with E-state index in [0.717, 1.165) is 30.5 Å². The van der Waals surface area contributed by atoms with Crippen molar-refractivity contribution in [3.8, 4) is 17.0 Å². The zero-order valence-electron chi connectivity index (χ0n) is 24.7. The molecule has 2 N–H and O–H groups in total. The van der Waals surface area contributed by atoms with Crippen molar-refractivity contribution in [1.29, 1.82) is 0 Å². The number of aromatic nitrogens is 2. The zero-order chi connectivity index (χ0) is 28.8. The zero-order valence-corrected chi connectivity index (χ0v) is 26.4. The average molecular weight is 634 g/mol. The first-order valence-electron chi connectivity index (χ1n) is 14.5. The van der Waals surface area contributed by atoms with Crippen molar-refractivity contribution >= 4 is 36.5 Å². The highest BCUT2D eigenvalue weighted by molar-refractivity contribution is 5.98. The van der Waals surface area contributed by atoms with Crippen LogP contribution in [0.4, 0.5) is 0 Å². The number of nitrogens with one attached hydrogen (secondary N) is 1. The summed E-state index contributed by atoms with van der Waals surface area (Å²) >= 11 is 0. The molecule has 2 aliphatic rings. The minimum atomic E-state index is -1.03. The van der Waals surface area contributed by atoms with E-state index in [9.17, 15) is 14.7 Å². The number of hydrogen-bond acceptors (Lipinski definition) is 7. The molecule has 9 nitrogen and oxygen atoms in total. The minimum Gasteiger partial charge on any atom is -0.494 e. The molecule has 5 rings (SSSR count). The topological polar surface area (TPSA) is 106 Å². The van der Waals surface area contributed by atoms with Gasteiger partial charge in [0.15, 0.2) is 11.5 Å². The van der Waals surface area contributed by atoms with Crippen LogP contribution in [0.1, 0.15) is 65.9 Å². The normalized spacial score (nSPS) is 21.8. The molecule has 1 aliphatic heterocycles. The Kier molecular flexibility index (Phi) is 12.6. The molecule has 0 unspecified atom stereocenters. The Bertz CT molecular complexity index is 1330. The smallest absolute Gasteiger partial charge is 0.275 e. The fraction of sp³-hybridized carbons (Fsp3) is 0.469. The summed E-state index contributed by atoms with van der Waals surface area (Å²) in [7, 11) is 1.61. The number of nitrogens with zero attached hydrogens (tertiary/aromatic N) is 3. The van der Waals surface area contributed by atoms with Gasteiger partial charge in [-0.2, -0.15) is 0 Å². The molecule has 2 fully saturated rings. The highest BCUT2D eigenvalue weighted by atomic mass is 35.5. The van der Waals surface area contributed by atoms with Crippen LogP contribution in [0.2, 0.25) is 0 Å². The van der Waals surface area contributed by atoms with E-state index in [4.69, 9.17) is 14.5 Å². The molecule has 1 aliphatic carbocycles. The third-order valence-electron chi connectivity index (χ3n) is 8.32. The maximum Gasteiger partial charge on any atom is 0.275 e. The van der Waals surface area contributed by atoms with Crippen molar-refractivity contribution < 1.29 is 24.2 Å². The largest absolute Gasteiger partial charge is 0.494 e. The lowest BCUT2D eigenvalue weighted by Crippen LogP contribution is -2.54. The predicted molar refractivity (Wildman–Crippen MR) is 171 cm³/mol. The van der Waals surface area contributed by atoms with Gasteiger partial charge in [-0.3, -0.25) is 9.59 Å². The van der Waals surface area contributed by atoms with Crippen LogP contribution in [0.25, 0.3) is 11.3 Å². The fourth-order valence-corrected chi connectivity index (χ4v) is 6.18. The van der Waals surface area contributed by atoms with E-state index in [0.29, 0.717) is 56.1 Å². The molecule has 0 bridgehead atoms. The number of hydrogen-bond donors (Lipinski definition) is 2. The molecule has 0 radical (unpaired) electrons. The molecule has 1 saturated heterocycles. The number of amides is 1. The second-order valence-electron chi connectivity index (χ2n) is 11.1. The van der Waals surface area contributed by atoms with Crippen LogP contribution in [0.5, 0.6) is 5.75 Å². The van der Waals surface area contributed by atoms with Crippen molar-refractivity contribution in [1.82, 2.24) is 19.8 Å². The van der Waals surface area contributed by atoms with Gasteiger partial charge in [0.05, 0.1) is 31.3 Å². The van der Waals surface area contributed by atoms with Crippen LogP contribution in [-0.4, -0.2) is 82.8 Å². The number of aliphatic hydroxyl groups is 1. The van der Waals surface area contributed by atoms with Gasteiger partial charge in [-0.1, -0.05) is 43.2 Å². The number of carbonyl (C=O) groups excluding carboxylic acids is 2. The van der Waals surface area contributed by atoms with Gasteiger partial charge in [0.1, 0.15) is 11.4 Å². The summed E-state index contributed by atoms with van der Waals surface area (Å²) in [5.41, 5.74) is 1.64. The molecular formula is C32H42Cl2N4O5. The summed E-state index contributed by atoms with van der Waals surface area (Å²) in [5.74, 6) is 0.590. The van der Waals surface area contributed by atoms with Crippen molar-refractivity contribution in [2.45, 2.75) is 56.7 Å². The van der Waals surface area contributed by atoms with E-state index < -0.39 is 5.60 Å². The lowest BCUT2D eigenvalue weighted by Gasteiger charge is -2.41. The van der Waals surface area contributed by atoms with Crippen LogP contribution in [0, 0.1) is 0 Å². The Morgan fingerprint density at radius 1 is 1.09 bits per heavy atom. The Morgan fingerprint density at radius 3 is 2.53 bits per heavy atom. The average Bonchev–Trinajstić information content (AvgIpc) is 3.43. The van der Waals surface area contributed by atoms with E-state index in [-0.39, 0.29) is 55.2 Å². The Morgan fingerprint density at radius 2 is 1.84 bits per heavy atom. The van der Waals surface area contributed by atoms with Gasteiger partial charge >= 0.3 is 0 Å². The maximum atomic E-state index is 14.2. The molecule has 11 heteroatoms. The third kappa shape index (κ3) is 7.77. The van der Waals surface area contributed by atoms with Gasteiger partial charge in [-0.15, -0.1) is 24.8 Å². The number of piperazine rings is 1. The number of rotatable bonds is 10. The molecular weight excluding hydrogens is 591 g/mol. The second-order valence-corrected chi connectivity index (χ2v) is 11.1. The van der Waals surface area contributed by atoms with Crippen molar-refractivity contribution in [2.24, 2.45) is 0 Å². The number of carbonyl (C=O) groups is 2. The lowest BCUT2D eigenvalue weighted by atomic mass is 9.80. The summed E-state index contributed by atoms with van der Waals surface area (Å²) in [6.07, 6.45) is 5.71. The highest BCUT2D eigenvalue weighted by Crippen LogP contribution is 2.41. The number of ketones is 1. The van der Waals surface area contributed by atoms with Gasteiger partial charge in [-0.05, 0) is 44.0 Å². The van der Waals surface area contributed by atoms with Crippen LogP contribution in [-0.2, 0) is 4.74 Å². The molecule has 3 atom stereocenters. The maximum absolute atomic E-state index is 14.2. The van der Waals surface area contributed by atoms with Gasteiger partial charge < -0.3 is 29.4 Å². The van der Waals surface area contributed by atoms with Crippen molar-refractivity contribution in [3.63, 3.8) is 0 Å². The Hall–Kier alpha value is -2.95. The van der Waals surface area contributed by atoms with Gasteiger partial charge in [0, 0.05) is 50.3 Å². The number of methoxy groups -OCH3 is 1. The number of benzene rings is 2. The number of imidazole rings is 1. The third-order valence-corrected chi connectivity index (χ3v) is 8.32. The first-order valence-corrected chi connectivity index (χ1v) is 14.5. The molecule has 2 aromatic carbocycles. The van der Waals surface area contributed by atoms with Crippen LogP contribution in [0.3, 0.4) is 0 Å². The molecule has 2 heterocycles. The van der Waals surface area contributed by atoms with Gasteiger partial charge in [0.2, 0.25) is 0 Å². The van der Waals surface area contributed by atoms with Crippen molar-refractivity contribution in [3.05, 3.63) is 72.2 Å². The van der Waals surface area contributed by atoms with Gasteiger partial charge in [0.25, 0.3) is 5.91 Å². The molecule has 0 spiro atoms. The summed E-state index contributed by atoms with van der Waals surface area (Å²) in [6, 6.07) is 16.6. The molecule has 3 aromatic rings. The van der Waals surface area contributed by atoms with E-state index in [1.54, 1.807) is 44.6 Å². The van der Waals surface area contributed by atoms with E-state index in [1.807, 2.05) is 39.8 Å². The predicted octanol–water partition coefficient (Wildman–Crippen LogP) is 4.97. The van der Waals surface area contributed by atoms with Crippen LogP contribution >= 0.6 is 24.8 Å². The SMILES string of the molecule is COC[C@]1(O)CCCC[C@H]1n1cnc(C(=O)N2CCNC[C@H]2CCOc2ccc(C(C)=O)cc2)c1-c1ccccc1.Cl.Cl. The Labute approximate surface area is 265 Å². The van der Waals surface area contributed by atoms with Gasteiger partial charge in [-0.25, -0.2) is 4.98 Å². The Balaban J connectivity index is 0.00000253. The minimum absolute atomic E-state index is 0. The second kappa shape index (κ2) is 15.7. The molecule has 1 saturated carbocycles. The first-order chi connectivity index (χ1) is 19.9. The van der Waals surface area contributed by atoms with Crippen LogP contribution in [0.15, 0.2) is 60.9 Å². The first kappa shape index (κ1) is 34.5.